The predicted molar refractivity (Wildman–Crippen MR) is 204 cm³/mol. The molecule has 3 aromatic carbocycles. The van der Waals surface area contributed by atoms with Gasteiger partial charge in [-0.2, -0.15) is 5.10 Å². The first-order valence-electron chi connectivity index (χ1n) is 17.5. The summed E-state index contributed by atoms with van der Waals surface area (Å²) in [7, 11) is 0. The van der Waals surface area contributed by atoms with Crippen molar-refractivity contribution in [1.29, 1.82) is 0 Å². The van der Waals surface area contributed by atoms with Crippen LogP contribution in [0.1, 0.15) is 60.0 Å². The second-order valence-corrected chi connectivity index (χ2v) is 13.7. The molecule has 0 radical (unpaired) electrons. The summed E-state index contributed by atoms with van der Waals surface area (Å²) in [4.78, 5) is 25.3. The summed E-state index contributed by atoms with van der Waals surface area (Å²) < 4.78 is 17.1. The molecule has 3 aliphatic heterocycles. The lowest BCUT2D eigenvalue weighted by Crippen LogP contribution is -2.28. The number of amides is 1. The number of carbonyl (C=O) groups is 1. The standard InChI is InChI=1S/C26H23ClN4O2.C10H11N3O.C4H8O/c1-16-5-7-20-22(13-16)30-24(29-20)15-31-11-9-17(10-12-31)19-3-2-4-23-25(19)33-26(32-23)21-8-6-18(27)14-28-21;1-6-3-8(11-5-14)4-9-7(2)12-13-10(6)9;1-4-2-3-5-4/h2-9,13-14,26H,10-12,15H2,1H3,(H,29,30);3-5H,1-2H3,(H,11,14)(H,12,13);4H,2-3H2,1H3/t;;4-/m..1/s1. The van der Waals surface area contributed by atoms with Gasteiger partial charge in [0.15, 0.2) is 11.5 Å². The van der Waals surface area contributed by atoms with E-state index >= 15 is 0 Å². The molecule has 11 nitrogen and oxygen atoms in total. The summed E-state index contributed by atoms with van der Waals surface area (Å²) in [6, 6.07) is 19.8. The van der Waals surface area contributed by atoms with Gasteiger partial charge in [-0.15, -0.1) is 0 Å². The van der Waals surface area contributed by atoms with Gasteiger partial charge in [0, 0.05) is 48.2 Å². The van der Waals surface area contributed by atoms with Crippen LogP contribution in [0.2, 0.25) is 5.02 Å². The molecule has 12 heteroatoms. The lowest BCUT2D eigenvalue weighted by molar-refractivity contribution is -0.105. The number of ether oxygens (including phenoxy) is 3. The van der Waals surface area contributed by atoms with Gasteiger partial charge in [0.05, 0.1) is 34.2 Å². The molecule has 1 saturated heterocycles. The Labute approximate surface area is 307 Å². The van der Waals surface area contributed by atoms with Crippen molar-refractivity contribution < 1.29 is 19.0 Å². The van der Waals surface area contributed by atoms with E-state index in [1.165, 1.54) is 17.6 Å². The van der Waals surface area contributed by atoms with E-state index in [1.54, 1.807) is 12.3 Å². The Hall–Kier alpha value is -5.23. The van der Waals surface area contributed by atoms with E-state index < -0.39 is 6.29 Å². The van der Waals surface area contributed by atoms with E-state index in [9.17, 15) is 4.79 Å². The van der Waals surface area contributed by atoms with Gasteiger partial charge in [-0.3, -0.25) is 19.8 Å². The Balaban J connectivity index is 0.000000181. The number of nitrogens with one attached hydrogen (secondary N) is 3. The number of carbonyl (C=O) groups excluding carboxylic acids is 1. The number of halogens is 1. The van der Waals surface area contributed by atoms with E-state index in [-0.39, 0.29) is 0 Å². The lowest BCUT2D eigenvalue weighted by atomic mass is 9.98. The molecule has 268 valence electrons. The summed E-state index contributed by atoms with van der Waals surface area (Å²) in [5.74, 6) is 2.53. The lowest BCUT2D eigenvalue weighted by Gasteiger charge is -2.26. The minimum atomic E-state index is -0.559. The third kappa shape index (κ3) is 7.97. The molecule has 0 bridgehead atoms. The Morgan fingerprint density at radius 2 is 1.92 bits per heavy atom. The van der Waals surface area contributed by atoms with Gasteiger partial charge in [0.1, 0.15) is 11.5 Å². The summed E-state index contributed by atoms with van der Waals surface area (Å²) in [6.07, 6.45) is 6.77. The number of H-pyrrole nitrogens is 2. The number of para-hydroxylation sites is 1. The van der Waals surface area contributed by atoms with Crippen molar-refractivity contribution >= 4 is 51.2 Å². The van der Waals surface area contributed by atoms with E-state index in [0.717, 1.165) is 94.4 Å². The molecular formula is C40H42ClN7O4. The minimum absolute atomic E-state index is 0.559. The Bertz CT molecular complexity index is 2230. The van der Waals surface area contributed by atoms with Crippen LogP contribution >= 0.6 is 11.6 Å². The van der Waals surface area contributed by atoms with E-state index in [1.807, 2.05) is 44.2 Å². The molecule has 3 aliphatic rings. The van der Waals surface area contributed by atoms with Crippen LogP contribution in [-0.4, -0.2) is 62.3 Å². The molecule has 6 aromatic rings. The highest BCUT2D eigenvalue weighted by atomic mass is 35.5. The molecule has 3 N–H and O–H groups in total. The van der Waals surface area contributed by atoms with Gasteiger partial charge < -0.3 is 24.5 Å². The first-order chi connectivity index (χ1) is 25.2. The fraction of sp³-hybridized carbons (Fsp3) is 0.300. The monoisotopic (exact) mass is 719 g/mol. The average Bonchev–Trinajstić information content (AvgIpc) is 3.85. The van der Waals surface area contributed by atoms with E-state index in [2.05, 4.69) is 74.6 Å². The maximum absolute atomic E-state index is 10.3. The highest BCUT2D eigenvalue weighted by Gasteiger charge is 2.30. The van der Waals surface area contributed by atoms with Gasteiger partial charge in [0.2, 0.25) is 6.41 Å². The summed E-state index contributed by atoms with van der Waals surface area (Å²) >= 11 is 5.96. The van der Waals surface area contributed by atoms with Crippen molar-refractivity contribution in [3.63, 3.8) is 0 Å². The highest BCUT2D eigenvalue weighted by Crippen LogP contribution is 2.45. The molecular weight excluding hydrogens is 678 g/mol. The molecule has 6 heterocycles. The zero-order valence-corrected chi connectivity index (χ0v) is 30.5. The highest BCUT2D eigenvalue weighted by molar-refractivity contribution is 6.30. The smallest absolute Gasteiger partial charge is 0.284 e. The number of aromatic nitrogens is 5. The zero-order chi connectivity index (χ0) is 36.2. The van der Waals surface area contributed by atoms with Crippen molar-refractivity contribution in [2.45, 2.75) is 59.5 Å². The second kappa shape index (κ2) is 15.6. The molecule has 9 rings (SSSR count). The third-order valence-corrected chi connectivity index (χ3v) is 9.54. The summed E-state index contributed by atoms with van der Waals surface area (Å²) in [5, 5.41) is 11.4. The number of imidazole rings is 1. The SMILES string of the molecule is C[C@@H]1CCO1.Cc1[nH]nc2c(C)cc(NC=O)cc12.Cc1ccc2nc(CN3CC=C(c4cccc5c4OC(c4ccc(Cl)cn4)O5)CC3)[nH]c2c1. The normalized spacial score (nSPS) is 17.8. The summed E-state index contributed by atoms with van der Waals surface area (Å²) in [6.45, 7) is 11.7. The number of rotatable bonds is 6. The number of anilines is 1. The van der Waals surface area contributed by atoms with Crippen LogP contribution in [0.3, 0.4) is 0 Å². The van der Waals surface area contributed by atoms with Gasteiger partial charge in [-0.1, -0.05) is 35.9 Å². The van der Waals surface area contributed by atoms with Crippen LogP contribution in [0.4, 0.5) is 5.69 Å². The summed E-state index contributed by atoms with van der Waals surface area (Å²) in [5.41, 5.74) is 10.2. The first-order valence-corrected chi connectivity index (χ1v) is 17.8. The van der Waals surface area contributed by atoms with Gasteiger partial charge >= 0.3 is 0 Å². The number of aromatic amines is 2. The van der Waals surface area contributed by atoms with Crippen LogP contribution in [0.5, 0.6) is 11.5 Å². The molecule has 0 spiro atoms. The van der Waals surface area contributed by atoms with Gasteiger partial charge in [-0.25, -0.2) is 4.98 Å². The number of pyridine rings is 1. The minimum Gasteiger partial charge on any atom is -0.445 e. The predicted octanol–water partition coefficient (Wildman–Crippen LogP) is 8.22. The van der Waals surface area contributed by atoms with Crippen LogP contribution in [0.15, 0.2) is 72.9 Å². The molecule has 3 aromatic heterocycles. The Morgan fingerprint density at radius 3 is 2.63 bits per heavy atom. The van der Waals surface area contributed by atoms with E-state index in [4.69, 9.17) is 30.8 Å². The first kappa shape index (κ1) is 35.2. The van der Waals surface area contributed by atoms with Crippen molar-refractivity contribution in [3.05, 3.63) is 112 Å². The second-order valence-electron chi connectivity index (χ2n) is 13.3. The van der Waals surface area contributed by atoms with Crippen LogP contribution in [0, 0.1) is 20.8 Å². The van der Waals surface area contributed by atoms with Crippen LogP contribution in [-0.2, 0) is 16.1 Å². The number of hydrogen-bond acceptors (Lipinski definition) is 8. The maximum atomic E-state index is 10.3. The Morgan fingerprint density at radius 1 is 1.08 bits per heavy atom. The number of nitrogens with zero attached hydrogens (tertiary/aromatic N) is 4. The quantitative estimate of drug-likeness (QED) is 0.147. The fourth-order valence-electron chi connectivity index (χ4n) is 6.36. The molecule has 1 amide bonds. The zero-order valence-electron chi connectivity index (χ0n) is 29.7. The van der Waals surface area contributed by atoms with Crippen LogP contribution in [0.25, 0.3) is 27.5 Å². The van der Waals surface area contributed by atoms with Crippen LogP contribution < -0.4 is 14.8 Å². The largest absolute Gasteiger partial charge is 0.445 e. The Kier molecular flexibility index (Phi) is 10.5. The average molecular weight is 720 g/mol. The molecule has 1 unspecified atom stereocenters. The third-order valence-electron chi connectivity index (χ3n) is 9.32. The van der Waals surface area contributed by atoms with Crippen molar-refractivity contribution in [1.82, 2.24) is 30.0 Å². The molecule has 2 atom stereocenters. The number of hydrogen-bond donors (Lipinski definition) is 3. The molecule has 0 aliphatic carbocycles. The number of fused-ring (bicyclic) bond motifs is 3. The van der Waals surface area contributed by atoms with E-state index in [0.29, 0.717) is 23.2 Å². The molecule has 0 saturated carbocycles. The van der Waals surface area contributed by atoms with Crippen molar-refractivity contribution in [2.75, 3.05) is 25.0 Å². The maximum Gasteiger partial charge on any atom is 0.284 e. The van der Waals surface area contributed by atoms with Crippen molar-refractivity contribution in [2.24, 2.45) is 0 Å². The number of benzene rings is 3. The number of aryl methyl sites for hydroxylation is 3. The van der Waals surface area contributed by atoms with Gasteiger partial charge in [-0.05, 0) is 99.7 Å². The fourth-order valence-corrected chi connectivity index (χ4v) is 6.47. The van der Waals surface area contributed by atoms with Gasteiger partial charge in [0.25, 0.3) is 6.29 Å². The topological polar surface area (TPSA) is 130 Å². The molecule has 52 heavy (non-hydrogen) atoms. The molecule has 1 fully saturated rings. The van der Waals surface area contributed by atoms with Crippen molar-refractivity contribution in [3.8, 4) is 11.5 Å².